The molecule has 0 aromatic heterocycles. The summed E-state index contributed by atoms with van der Waals surface area (Å²) in [6.07, 6.45) is 32.3. The van der Waals surface area contributed by atoms with Crippen molar-refractivity contribution in [2.24, 2.45) is 0 Å². The Morgan fingerprint density at radius 2 is 1.11 bits per heavy atom. The van der Waals surface area contributed by atoms with E-state index in [9.17, 15) is 5.11 Å². The molecule has 0 saturated heterocycles. The summed E-state index contributed by atoms with van der Waals surface area (Å²) in [5.41, 5.74) is 1.63. The molecule has 1 rings (SSSR count). The van der Waals surface area contributed by atoms with Gasteiger partial charge in [-0.3, -0.25) is 0 Å². The summed E-state index contributed by atoms with van der Waals surface area (Å²) in [7, 11) is 0. The second-order valence-electron chi connectivity index (χ2n) is 11.8. The molecule has 1 saturated carbocycles. The molecule has 0 heterocycles. The minimum Gasteiger partial charge on any atom is -0.495 e. The quantitative estimate of drug-likeness (QED) is 0.0784. The van der Waals surface area contributed by atoms with Crippen LogP contribution in [0.4, 0.5) is 0 Å². The van der Waals surface area contributed by atoms with E-state index in [0.29, 0.717) is 12.7 Å². The number of unbranched alkanes of at least 4 members (excludes halogenated alkanes) is 15. The lowest BCUT2D eigenvalue weighted by Crippen LogP contribution is -2.29. The first-order valence-electron chi connectivity index (χ1n) is 17.0. The lowest BCUT2D eigenvalue weighted by Gasteiger charge is -2.22. The highest BCUT2D eigenvalue weighted by atomic mass is 16.5. The molecule has 0 bridgehead atoms. The standard InChI is InChI=1S/C34H67NO2/c1-4-7-10-12-15-19-23-33(24-20-16-13-11-8-5-2)37-34(32-26-27-32)25-21-17-14-18-22-29-35(30-31-36)28-9-6-3/h33,36H,4-31H2,1-3H3. The zero-order valence-electron chi connectivity index (χ0n) is 25.7. The number of aliphatic hydroxyl groups excluding tert-OH is 1. The van der Waals surface area contributed by atoms with Gasteiger partial charge in [0.1, 0.15) is 0 Å². The van der Waals surface area contributed by atoms with E-state index in [0.717, 1.165) is 19.6 Å². The molecule has 220 valence electrons. The highest BCUT2D eigenvalue weighted by molar-refractivity contribution is 5.21. The van der Waals surface area contributed by atoms with Gasteiger partial charge >= 0.3 is 0 Å². The third-order valence-corrected chi connectivity index (χ3v) is 8.08. The van der Waals surface area contributed by atoms with E-state index in [1.54, 1.807) is 5.57 Å². The number of hydrogen-bond acceptors (Lipinski definition) is 3. The number of rotatable bonds is 29. The molecule has 0 atom stereocenters. The van der Waals surface area contributed by atoms with Gasteiger partial charge in [-0.15, -0.1) is 0 Å². The lowest BCUT2D eigenvalue weighted by atomic mass is 10.0. The van der Waals surface area contributed by atoms with Crippen molar-refractivity contribution in [2.75, 3.05) is 26.2 Å². The van der Waals surface area contributed by atoms with Crippen molar-refractivity contribution < 1.29 is 9.84 Å². The van der Waals surface area contributed by atoms with Crippen molar-refractivity contribution in [1.82, 2.24) is 4.90 Å². The number of ether oxygens (including phenoxy) is 1. The summed E-state index contributed by atoms with van der Waals surface area (Å²) in [5, 5.41) is 9.30. The molecule has 3 nitrogen and oxygen atoms in total. The van der Waals surface area contributed by atoms with Gasteiger partial charge < -0.3 is 14.7 Å². The minimum absolute atomic E-state index is 0.292. The first-order chi connectivity index (χ1) is 18.2. The highest BCUT2D eigenvalue weighted by Gasteiger charge is 2.21. The van der Waals surface area contributed by atoms with Gasteiger partial charge in [0.2, 0.25) is 0 Å². The Bertz CT molecular complexity index is 496. The van der Waals surface area contributed by atoms with Gasteiger partial charge in [0.05, 0.1) is 18.5 Å². The average Bonchev–Trinajstić information content (AvgIpc) is 3.75. The Hall–Kier alpha value is -0.540. The third kappa shape index (κ3) is 21.0. The largest absolute Gasteiger partial charge is 0.495 e. The zero-order chi connectivity index (χ0) is 26.8. The van der Waals surface area contributed by atoms with E-state index in [4.69, 9.17) is 4.74 Å². The predicted octanol–water partition coefficient (Wildman–Crippen LogP) is 10.4. The summed E-state index contributed by atoms with van der Waals surface area (Å²) in [6.45, 7) is 10.3. The fourth-order valence-corrected chi connectivity index (χ4v) is 5.44. The molecule has 37 heavy (non-hydrogen) atoms. The molecule has 1 aliphatic carbocycles. The first kappa shape index (κ1) is 34.5. The minimum atomic E-state index is 0.292. The smallest absolute Gasteiger partial charge is 0.0982 e. The Morgan fingerprint density at radius 3 is 1.65 bits per heavy atom. The predicted molar refractivity (Wildman–Crippen MR) is 163 cm³/mol. The summed E-state index contributed by atoms with van der Waals surface area (Å²) >= 11 is 0. The van der Waals surface area contributed by atoms with Crippen LogP contribution in [-0.2, 0) is 4.74 Å². The molecule has 0 radical (unpaired) electrons. The van der Waals surface area contributed by atoms with Crippen LogP contribution in [0.1, 0.15) is 175 Å². The SMILES string of the molecule is CCCCCCCCC(CCCCCCCC)OC(CCCCCCCN(CCO)CCCC)=C1CC1. The maximum atomic E-state index is 9.30. The Morgan fingerprint density at radius 1 is 0.622 bits per heavy atom. The van der Waals surface area contributed by atoms with Gasteiger partial charge in [0.15, 0.2) is 0 Å². The summed E-state index contributed by atoms with van der Waals surface area (Å²) in [5.74, 6) is 1.40. The van der Waals surface area contributed by atoms with Gasteiger partial charge in [0.25, 0.3) is 0 Å². The highest BCUT2D eigenvalue weighted by Crippen LogP contribution is 2.36. The molecule has 1 N–H and O–H groups in total. The number of nitrogens with zero attached hydrogens (tertiary/aromatic N) is 1. The third-order valence-electron chi connectivity index (χ3n) is 8.08. The zero-order valence-corrected chi connectivity index (χ0v) is 25.7. The molecule has 3 heteroatoms. The second kappa shape index (κ2) is 25.7. The summed E-state index contributed by atoms with van der Waals surface area (Å²) in [6, 6.07) is 0. The van der Waals surface area contributed by atoms with E-state index in [-0.39, 0.29) is 0 Å². The van der Waals surface area contributed by atoms with Gasteiger partial charge in [-0.25, -0.2) is 0 Å². The van der Waals surface area contributed by atoms with Crippen LogP contribution in [-0.4, -0.2) is 42.4 Å². The molecule has 1 aliphatic rings. The monoisotopic (exact) mass is 522 g/mol. The number of allylic oxidation sites excluding steroid dienone is 2. The number of aliphatic hydroxyl groups is 1. The van der Waals surface area contributed by atoms with Crippen LogP contribution in [0.2, 0.25) is 0 Å². The van der Waals surface area contributed by atoms with Crippen molar-refractivity contribution >= 4 is 0 Å². The first-order valence-corrected chi connectivity index (χ1v) is 17.0. The molecule has 0 aromatic rings. The van der Waals surface area contributed by atoms with Crippen LogP contribution in [0.3, 0.4) is 0 Å². The van der Waals surface area contributed by atoms with Crippen molar-refractivity contribution in [3.8, 4) is 0 Å². The van der Waals surface area contributed by atoms with Gasteiger partial charge in [-0.2, -0.15) is 0 Å². The van der Waals surface area contributed by atoms with Crippen molar-refractivity contribution in [3.63, 3.8) is 0 Å². The van der Waals surface area contributed by atoms with Crippen LogP contribution in [0, 0.1) is 0 Å². The molecule has 0 amide bonds. The van der Waals surface area contributed by atoms with Gasteiger partial charge in [0, 0.05) is 13.0 Å². The normalized spacial score (nSPS) is 13.2. The van der Waals surface area contributed by atoms with Crippen molar-refractivity contribution in [3.05, 3.63) is 11.3 Å². The molecule has 0 aromatic carbocycles. The number of hydrogen-bond donors (Lipinski definition) is 1. The molecule has 0 aliphatic heterocycles. The molecule has 1 fully saturated rings. The Kier molecular flexibility index (Phi) is 24.0. The second-order valence-corrected chi connectivity index (χ2v) is 11.8. The van der Waals surface area contributed by atoms with E-state index >= 15 is 0 Å². The molecule has 0 unspecified atom stereocenters. The van der Waals surface area contributed by atoms with E-state index in [1.807, 2.05) is 0 Å². The molecular weight excluding hydrogens is 454 g/mol. The Balaban J connectivity index is 2.33. The van der Waals surface area contributed by atoms with Crippen molar-refractivity contribution in [1.29, 1.82) is 0 Å². The van der Waals surface area contributed by atoms with Crippen LogP contribution in [0.5, 0.6) is 0 Å². The van der Waals surface area contributed by atoms with Gasteiger partial charge in [-0.05, 0) is 76.5 Å². The average molecular weight is 522 g/mol. The maximum absolute atomic E-state index is 9.30. The maximum Gasteiger partial charge on any atom is 0.0982 e. The molecular formula is C34H67NO2. The van der Waals surface area contributed by atoms with Crippen LogP contribution in [0.15, 0.2) is 11.3 Å². The van der Waals surface area contributed by atoms with Crippen LogP contribution < -0.4 is 0 Å². The summed E-state index contributed by atoms with van der Waals surface area (Å²) in [4.78, 5) is 2.45. The molecule has 0 spiro atoms. The lowest BCUT2D eigenvalue weighted by molar-refractivity contribution is 0.0873. The van der Waals surface area contributed by atoms with Crippen LogP contribution in [0.25, 0.3) is 0 Å². The van der Waals surface area contributed by atoms with E-state index in [1.165, 1.54) is 160 Å². The van der Waals surface area contributed by atoms with Crippen LogP contribution >= 0.6 is 0 Å². The fraction of sp³-hybridized carbons (Fsp3) is 0.941. The van der Waals surface area contributed by atoms with Crippen molar-refractivity contribution in [2.45, 2.75) is 181 Å². The van der Waals surface area contributed by atoms with E-state index < -0.39 is 0 Å². The van der Waals surface area contributed by atoms with Gasteiger partial charge in [-0.1, -0.05) is 111 Å². The fourth-order valence-electron chi connectivity index (χ4n) is 5.44. The Labute approximate surface area is 233 Å². The topological polar surface area (TPSA) is 32.7 Å². The summed E-state index contributed by atoms with van der Waals surface area (Å²) < 4.78 is 6.80. The van der Waals surface area contributed by atoms with E-state index in [2.05, 4.69) is 25.7 Å².